The normalized spacial score (nSPS) is 22.4. The summed E-state index contributed by atoms with van der Waals surface area (Å²) in [5.74, 6) is -1.84. The van der Waals surface area contributed by atoms with E-state index in [0.717, 1.165) is 16.7 Å². The summed E-state index contributed by atoms with van der Waals surface area (Å²) in [5.41, 5.74) is 0.496. The molecule has 0 aliphatic carbocycles. The molecular formula is C19H23NO4S2. The van der Waals surface area contributed by atoms with Gasteiger partial charge in [-0.1, -0.05) is 50.7 Å². The van der Waals surface area contributed by atoms with E-state index in [1.54, 1.807) is 31.2 Å². The zero-order valence-corrected chi connectivity index (χ0v) is 16.9. The topological polar surface area (TPSA) is 63.7 Å². The largest absolute Gasteiger partial charge is 0.475 e. The number of thioether (sulfide) groups is 1. The molecule has 7 heteroatoms. The molecule has 0 aromatic heterocycles. The Morgan fingerprint density at radius 2 is 1.77 bits per heavy atom. The summed E-state index contributed by atoms with van der Waals surface area (Å²) in [7, 11) is 0. The van der Waals surface area contributed by atoms with Crippen LogP contribution >= 0.6 is 24.0 Å². The van der Waals surface area contributed by atoms with Crippen LogP contribution in [-0.4, -0.2) is 33.8 Å². The van der Waals surface area contributed by atoms with Gasteiger partial charge in [-0.3, -0.25) is 9.59 Å². The molecule has 140 valence electrons. The molecule has 1 aliphatic rings. The third-order valence-corrected chi connectivity index (χ3v) is 5.96. The maximum absolute atomic E-state index is 13.0. The van der Waals surface area contributed by atoms with E-state index in [-0.39, 0.29) is 28.2 Å². The number of amides is 2. The molecule has 1 aliphatic heterocycles. The number of anilines is 1. The van der Waals surface area contributed by atoms with Crippen LogP contribution in [0.25, 0.3) is 0 Å². The van der Waals surface area contributed by atoms with Gasteiger partial charge in [0.05, 0.1) is 17.7 Å². The van der Waals surface area contributed by atoms with Gasteiger partial charge in [0, 0.05) is 5.92 Å². The van der Waals surface area contributed by atoms with Crippen LogP contribution in [0.3, 0.4) is 0 Å². The van der Waals surface area contributed by atoms with E-state index >= 15 is 0 Å². The molecule has 0 spiro atoms. The summed E-state index contributed by atoms with van der Waals surface area (Å²) >= 11 is 6.33. The predicted molar refractivity (Wildman–Crippen MR) is 107 cm³/mol. The number of carbonyl (C=O) groups excluding carboxylic acids is 3. The molecule has 26 heavy (non-hydrogen) atoms. The number of hydrogen-bond donors (Lipinski definition) is 0. The number of aldehydes is 1. The molecule has 1 fully saturated rings. The van der Waals surface area contributed by atoms with Gasteiger partial charge in [-0.25, -0.2) is 4.90 Å². The minimum Gasteiger partial charge on any atom is -0.475 e. The maximum atomic E-state index is 13.0. The average Bonchev–Trinajstić information content (AvgIpc) is 2.85. The number of carbonyl (C=O) groups is 3. The van der Waals surface area contributed by atoms with E-state index in [0.29, 0.717) is 12.0 Å². The molecule has 2 amide bonds. The van der Waals surface area contributed by atoms with Gasteiger partial charge >= 0.3 is 0 Å². The first kappa shape index (κ1) is 20.6. The van der Waals surface area contributed by atoms with Gasteiger partial charge in [0.1, 0.15) is 11.5 Å². The van der Waals surface area contributed by atoms with Crippen molar-refractivity contribution in [3.63, 3.8) is 0 Å². The average molecular weight is 394 g/mol. The highest BCUT2D eigenvalue weighted by molar-refractivity contribution is 8.23. The van der Waals surface area contributed by atoms with Crippen LogP contribution in [-0.2, 0) is 19.1 Å². The molecule has 1 aromatic carbocycles. The Labute approximate surface area is 163 Å². The summed E-state index contributed by atoms with van der Waals surface area (Å²) in [6.45, 7) is 7.57. The van der Waals surface area contributed by atoms with Crippen LogP contribution in [0.15, 0.2) is 30.3 Å². The molecule has 0 saturated carbocycles. The number of benzene rings is 1. The lowest BCUT2D eigenvalue weighted by atomic mass is 9.93. The third kappa shape index (κ3) is 4.32. The second kappa shape index (κ2) is 8.77. The zero-order chi connectivity index (χ0) is 19.4. The Bertz CT molecular complexity index is 692. The van der Waals surface area contributed by atoms with Gasteiger partial charge in [0.2, 0.25) is 16.2 Å². The lowest BCUT2D eigenvalue weighted by Crippen LogP contribution is -2.32. The van der Waals surface area contributed by atoms with Crippen molar-refractivity contribution in [1.29, 1.82) is 0 Å². The minimum atomic E-state index is -0.769. The van der Waals surface area contributed by atoms with Crippen molar-refractivity contribution >= 4 is 52.2 Å². The van der Waals surface area contributed by atoms with Gasteiger partial charge in [0.15, 0.2) is 0 Å². The minimum absolute atomic E-state index is 0.102. The maximum Gasteiger partial charge on any atom is 0.248 e. The first-order valence-corrected chi connectivity index (χ1v) is 9.82. The monoisotopic (exact) mass is 393 g/mol. The van der Waals surface area contributed by atoms with Crippen molar-refractivity contribution in [2.24, 2.45) is 17.8 Å². The number of rotatable bonds is 6. The molecule has 0 bridgehead atoms. The molecule has 4 atom stereocenters. The molecule has 0 N–H and O–H groups in total. The van der Waals surface area contributed by atoms with E-state index in [1.807, 2.05) is 26.8 Å². The van der Waals surface area contributed by atoms with Gasteiger partial charge < -0.3 is 9.53 Å². The van der Waals surface area contributed by atoms with Crippen LogP contribution < -0.4 is 4.90 Å². The van der Waals surface area contributed by atoms with Crippen LogP contribution in [0.5, 0.6) is 0 Å². The number of imide groups is 1. The van der Waals surface area contributed by atoms with E-state index in [2.05, 4.69) is 0 Å². The van der Waals surface area contributed by atoms with Crippen LogP contribution in [0, 0.1) is 17.8 Å². The Balaban J connectivity index is 2.27. The van der Waals surface area contributed by atoms with Crippen molar-refractivity contribution < 1.29 is 19.1 Å². The van der Waals surface area contributed by atoms with E-state index < -0.39 is 17.1 Å². The van der Waals surface area contributed by atoms with Crippen LogP contribution in [0.2, 0.25) is 0 Å². The molecule has 5 nitrogen and oxygen atoms in total. The predicted octanol–water partition coefficient (Wildman–Crippen LogP) is 3.46. The Hall–Kier alpha value is -1.73. The van der Waals surface area contributed by atoms with E-state index in [1.165, 1.54) is 0 Å². The van der Waals surface area contributed by atoms with Crippen molar-refractivity contribution in [1.82, 2.24) is 0 Å². The summed E-state index contributed by atoms with van der Waals surface area (Å²) in [6.07, 6.45) is 0.604. The molecule has 1 aromatic rings. The van der Waals surface area contributed by atoms with Gasteiger partial charge in [0.25, 0.3) is 0 Å². The van der Waals surface area contributed by atoms with Crippen LogP contribution in [0.1, 0.15) is 27.7 Å². The second-order valence-electron chi connectivity index (χ2n) is 6.72. The first-order chi connectivity index (χ1) is 12.3. The Morgan fingerprint density at radius 1 is 1.15 bits per heavy atom. The fourth-order valence-electron chi connectivity index (χ4n) is 2.63. The van der Waals surface area contributed by atoms with Crippen molar-refractivity contribution in [2.75, 3.05) is 4.90 Å². The van der Waals surface area contributed by atoms with Gasteiger partial charge in [-0.15, -0.1) is 0 Å². The molecule has 4 unspecified atom stereocenters. The molecular weight excluding hydrogens is 370 g/mol. The number of nitrogens with zero attached hydrogens (tertiary/aromatic N) is 1. The first-order valence-electron chi connectivity index (χ1n) is 8.53. The molecule has 1 heterocycles. The highest BCUT2D eigenvalue weighted by Crippen LogP contribution is 2.38. The van der Waals surface area contributed by atoms with Gasteiger partial charge in [-0.2, -0.15) is 0 Å². The summed E-state index contributed by atoms with van der Waals surface area (Å²) in [4.78, 5) is 38.3. The standard InChI is InChI=1S/C19H23NO4S2/c1-11(2)13(4)24-19(25)26-16-15(12(3)10-21)17(22)20(18(16)23)14-8-6-5-7-9-14/h5-13,15-16H,1-4H3. The van der Waals surface area contributed by atoms with Gasteiger partial charge in [-0.05, 0) is 37.2 Å². The lowest BCUT2D eigenvalue weighted by Gasteiger charge is -2.21. The van der Waals surface area contributed by atoms with Crippen molar-refractivity contribution in [2.45, 2.75) is 39.0 Å². The summed E-state index contributed by atoms with van der Waals surface area (Å²) < 4.78 is 5.90. The zero-order valence-electron chi connectivity index (χ0n) is 15.2. The number of para-hydroxylation sites is 1. The smallest absolute Gasteiger partial charge is 0.248 e. The number of thiocarbonyl (C=S) groups is 1. The molecule has 1 saturated heterocycles. The van der Waals surface area contributed by atoms with Crippen molar-refractivity contribution in [3.8, 4) is 0 Å². The fourth-order valence-corrected chi connectivity index (χ4v) is 4.22. The lowest BCUT2D eigenvalue weighted by molar-refractivity contribution is -0.125. The highest BCUT2D eigenvalue weighted by Gasteiger charge is 2.51. The second-order valence-corrected chi connectivity index (χ2v) is 8.47. The fraction of sp³-hybridized carbons (Fsp3) is 0.474. The SMILES string of the molecule is CC(C)C(C)OC(=S)SC1C(=O)N(c2ccccc2)C(=O)C1C(C)C=O. The Kier molecular flexibility index (Phi) is 6.94. The molecule has 2 rings (SSSR count). The van der Waals surface area contributed by atoms with E-state index in [4.69, 9.17) is 17.0 Å². The Morgan fingerprint density at radius 3 is 2.31 bits per heavy atom. The number of ether oxygens (including phenoxy) is 1. The number of hydrogen-bond acceptors (Lipinski definition) is 6. The molecule has 0 radical (unpaired) electrons. The third-order valence-electron chi connectivity index (χ3n) is 4.54. The van der Waals surface area contributed by atoms with Crippen LogP contribution in [0.4, 0.5) is 5.69 Å². The summed E-state index contributed by atoms with van der Waals surface area (Å²) in [5, 5.41) is -0.769. The highest BCUT2D eigenvalue weighted by atomic mass is 32.2. The van der Waals surface area contributed by atoms with Crippen molar-refractivity contribution in [3.05, 3.63) is 30.3 Å². The van der Waals surface area contributed by atoms with E-state index in [9.17, 15) is 14.4 Å². The summed E-state index contributed by atoms with van der Waals surface area (Å²) in [6, 6.07) is 8.71. The quantitative estimate of drug-likeness (QED) is 0.419.